The molecule has 8 heteroatoms. The van der Waals surface area contributed by atoms with Crippen molar-refractivity contribution in [1.82, 2.24) is 38.2 Å². The molecule has 0 saturated heterocycles. The lowest BCUT2D eigenvalue weighted by Crippen LogP contribution is -1.98. The molecule has 0 saturated carbocycles. The summed E-state index contributed by atoms with van der Waals surface area (Å²) in [5, 5.41) is 9.87. The quantitative estimate of drug-likeness (QED) is 0.122. The summed E-state index contributed by atoms with van der Waals surface area (Å²) in [6.07, 6.45) is 0. The zero-order valence-electron chi connectivity index (χ0n) is 60.8. The Hall–Kier alpha value is -15.1. The van der Waals surface area contributed by atoms with Gasteiger partial charge in [0.15, 0.2) is 11.6 Å². The van der Waals surface area contributed by atoms with Gasteiger partial charge in [-0.25, -0.2) is 19.9 Å². The molecule has 6 aromatic heterocycles. The van der Waals surface area contributed by atoms with E-state index in [-0.39, 0.29) is 0 Å². The number of nitrogens with zero attached hydrogens (tertiary/aromatic N) is 8. The fourth-order valence-electron chi connectivity index (χ4n) is 16.6. The molecule has 16 aromatic carbocycles. The lowest BCUT2D eigenvalue weighted by Gasteiger charge is -2.12. The Kier molecular flexibility index (Phi) is 16.1. The van der Waals surface area contributed by atoms with Crippen LogP contribution in [0.15, 0.2) is 413 Å². The fraction of sp³-hybridized carbons (Fsp3) is 0. The predicted molar refractivity (Wildman–Crippen MR) is 465 cm³/mol. The van der Waals surface area contributed by atoms with E-state index in [1.165, 1.54) is 98.6 Å². The summed E-state index contributed by atoms with van der Waals surface area (Å²) in [4.78, 5) is 20.4. The Bertz CT molecular complexity index is 7210. The van der Waals surface area contributed by atoms with Crippen LogP contribution in [0.25, 0.3) is 200 Å². The topological polar surface area (TPSA) is 71.3 Å². The van der Waals surface area contributed by atoms with Crippen LogP contribution in [0.1, 0.15) is 0 Å². The molecular formula is C104H68N8. The molecule has 0 radical (unpaired) electrons. The van der Waals surface area contributed by atoms with E-state index in [0.29, 0.717) is 11.6 Å². The lowest BCUT2D eigenvalue weighted by atomic mass is 10.0. The van der Waals surface area contributed by atoms with Gasteiger partial charge in [-0.05, 0) is 168 Å². The largest absolute Gasteiger partial charge is 0.309 e. The van der Waals surface area contributed by atoms with E-state index < -0.39 is 0 Å². The Balaban J connectivity index is 0.000000141. The number of rotatable bonds is 12. The van der Waals surface area contributed by atoms with Crippen molar-refractivity contribution < 1.29 is 0 Å². The van der Waals surface area contributed by atoms with Gasteiger partial charge in [-0.2, -0.15) is 0 Å². The molecule has 8 nitrogen and oxygen atoms in total. The van der Waals surface area contributed by atoms with Crippen molar-refractivity contribution in [3.63, 3.8) is 0 Å². The van der Waals surface area contributed by atoms with Crippen LogP contribution in [0.4, 0.5) is 0 Å². The molecule has 0 aliphatic carbocycles. The van der Waals surface area contributed by atoms with Crippen LogP contribution in [0.2, 0.25) is 0 Å². The monoisotopic (exact) mass is 1430 g/mol. The van der Waals surface area contributed by atoms with Crippen molar-refractivity contribution >= 4 is 87.2 Å². The first-order valence-corrected chi connectivity index (χ1v) is 38.0. The van der Waals surface area contributed by atoms with Gasteiger partial charge in [0, 0.05) is 99.2 Å². The number of hydrogen-bond acceptors (Lipinski definition) is 4. The fourth-order valence-corrected chi connectivity index (χ4v) is 16.6. The summed E-state index contributed by atoms with van der Waals surface area (Å²) in [5.74, 6) is 1.40. The molecule has 0 bridgehead atoms. The molecule has 22 aromatic rings. The molecule has 22 rings (SSSR count). The normalized spacial score (nSPS) is 11.6. The molecule has 6 heterocycles. The molecule has 0 spiro atoms. The third-order valence-corrected chi connectivity index (χ3v) is 21.9. The van der Waals surface area contributed by atoms with Crippen LogP contribution >= 0.6 is 0 Å². The maximum absolute atomic E-state index is 5.13. The van der Waals surface area contributed by atoms with Gasteiger partial charge in [-0.1, -0.05) is 267 Å². The minimum atomic E-state index is 0.694. The van der Waals surface area contributed by atoms with Gasteiger partial charge in [-0.3, -0.25) is 0 Å². The summed E-state index contributed by atoms with van der Waals surface area (Å²) >= 11 is 0. The second kappa shape index (κ2) is 27.6. The minimum absolute atomic E-state index is 0.694. The van der Waals surface area contributed by atoms with Crippen molar-refractivity contribution in [2.45, 2.75) is 0 Å². The van der Waals surface area contributed by atoms with Gasteiger partial charge >= 0.3 is 0 Å². The van der Waals surface area contributed by atoms with E-state index in [4.69, 9.17) is 19.9 Å². The van der Waals surface area contributed by atoms with Gasteiger partial charge in [-0.15, -0.1) is 0 Å². The van der Waals surface area contributed by atoms with E-state index in [1.807, 2.05) is 48.5 Å². The molecule has 112 heavy (non-hydrogen) atoms. The summed E-state index contributed by atoms with van der Waals surface area (Å²) in [6, 6.07) is 146. The Morgan fingerprint density at radius 2 is 0.366 bits per heavy atom. The zero-order valence-corrected chi connectivity index (χ0v) is 60.8. The third-order valence-electron chi connectivity index (χ3n) is 21.9. The molecule has 0 amide bonds. The first-order valence-electron chi connectivity index (χ1n) is 38.0. The number of para-hydroxylation sites is 6. The molecule has 0 aliphatic rings. The Morgan fingerprint density at radius 1 is 0.134 bits per heavy atom. The Morgan fingerprint density at radius 3 is 0.688 bits per heavy atom. The highest BCUT2D eigenvalue weighted by atomic mass is 15.0. The average Bonchev–Trinajstić information content (AvgIpc) is 1.64. The second-order valence-electron chi connectivity index (χ2n) is 28.5. The predicted octanol–water partition coefficient (Wildman–Crippen LogP) is 26.7. The first kappa shape index (κ1) is 65.2. The van der Waals surface area contributed by atoms with E-state index in [9.17, 15) is 0 Å². The van der Waals surface area contributed by atoms with Crippen LogP contribution < -0.4 is 0 Å². The molecule has 524 valence electrons. The van der Waals surface area contributed by atoms with Crippen molar-refractivity contribution in [2.75, 3.05) is 0 Å². The van der Waals surface area contributed by atoms with E-state index in [1.54, 1.807) is 0 Å². The highest BCUT2D eigenvalue weighted by molar-refractivity contribution is 6.15. The number of benzene rings is 16. The van der Waals surface area contributed by atoms with Gasteiger partial charge in [0.25, 0.3) is 0 Å². The molecule has 0 fully saturated rings. The molecule has 0 atom stereocenters. The van der Waals surface area contributed by atoms with Crippen molar-refractivity contribution in [3.05, 3.63) is 413 Å². The van der Waals surface area contributed by atoms with Crippen LogP contribution in [0.3, 0.4) is 0 Å². The maximum atomic E-state index is 5.13. The van der Waals surface area contributed by atoms with E-state index in [0.717, 1.165) is 89.8 Å². The smallest absolute Gasteiger partial charge is 0.160 e. The standard InChI is InChI=1S/2C52H34N4/c1-4-15-35(16-5-1)46-34-47(36-17-6-2-7-18-36)54-52(53-46)39-19-14-22-41(31-39)56-49-26-13-11-24-43(49)45-33-38(28-30-51(45)56)37-27-29-50-44(32-37)42-23-10-12-25-48(42)55(50)40-20-8-3-9-21-40;1-4-14-35(15-5-1)46-34-47(36-16-6-2-7-17-36)54-52(53-46)37-24-28-41(29-25-37)56-49-23-13-11-21-43(49)45-33-39(27-31-51(45)56)38-26-30-50-44(32-38)42-20-10-12-22-48(42)55(50)40-18-8-3-9-19-40/h2*1-34H. The third kappa shape index (κ3) is 11.6. The van der Waals surface area contributed by atoms with Crippen LogP contribution in [0, 0.1) is 0 Å². The van der Waals surface area contributed by atoms with Crippen molar-refractivity contribution in [3.8, 4) is 113 Å². The summed E-state index contributed by atoms with van der Waals surface area (Å²) in [5.41, 5.74) is 28.5. The zero-order chi connectivity index (χ0) is 74.0. The second-order valence-corrected chi connectivity index (χ2v) is 28.5. The SMILES string of the molecule is c1ccc(-c2cc(-c3ccccc3)nc(-c3ccc(-n4c5ccccc5c5cc(-c6ccc7c(c6)c6ccccc6n7-c6ccccc6)ccc54)cc3)n2)cc1.c1ccc(-c2cc(-c3ccccc3)nc(-c3cccc(-n4c5ccccc5c5cc(-c6ccc7c(c6)c6ccccc6n7-c6ccccc6)ccc54)c3)n2)cc1. The van der Waals surface area contributed by atoms with Crippen LogP contribution in [-0.4, -0.2) is 38.2 Å². The van der Waals surface area contributed by atoms with Crippen LogP contribution in [0.5, 0.6) is 0 Å². The lowest BCUT2D eigenvalue weighted by molar-refractivity contribution is 1.16. The summed E-state index contributed by atoms with van der Waals surface area (Å²) in [7, 11) is 0. The highest BCUT2D eigenvalue weighted by Crippen LogP contribution is 2.43. The minimum Gasteiger partial charge on any atom is -0.309 e. The van der Waals surface area contributed by atoms with Gasteiger partial charge in [0.1, 0.15) is 0 Å². The number of fused-ring (bicyclic) bond motifs is 12. The average molecular weight is 1430 g/mol. The van der Waals surface area contributed by atoms with Crippen molar-refractivity contribution in [2.24, 2.45) is 0 Å². The molecular weight excluding hydrogens is 1360 g/mol. The van der Waals surface area contributed by atoms with Gasteiger partial charge in [0.05, 0.1) is 66.9 Å². The molecule has 0 unspecified atom stereocenters. The number of hydrogen-bond donors (Lipinski definition) is 0. The van der Waals surface area contributed by atoms with Crippen molar-refractivity contribution in [1.29, 1.82) is 0 Å². The molecule has 0 aliphatic heterocycles. The Labute approximate surface area is 646 Å². The number of aromatic nitrogens is 8. The summed E-state index contributed by atoms with van der Waals surface area (Å²) < 4.78 is 9.47. The maximum Gasteiger partial charge on any atom is 0.160 e. The van der Waals surface area contributed by atoms with Crippen LogP contribution in [-0.2, 0) is 0 Å². The highest BCUT2D eigenvalue weighted by Gasteiger charge is 2.22. The van der Waals surface area contributed by atoms with E-state index >= 15 is 0 Å². The first-order chi connectivity index (χ1) is 55.5. The summed E-state index contributed by atoms with van der Waals surface area (Å²) in [6.45, 7) is 0. The van der Waals surface area contributed by atoms with E-state index in [2.05, 4.69) is 382 Å². The van der Waals surface area contributed by atoms with Gasteiger partial charge < -0.3 is 18.3 Å². The van der Waals surface area contributed by atoms with Gasteiger partial charge in [0.2, 0.25) is 0 Å². The molecule has 0 N–H and O–H groups in total.